The molecule has 0 fully saturated rings. The number of nitrogens with zero attached hydrogens (tertiary/aromatic N) is 1. The lowest BCUT2D eigenvalue weighted by Crippen LogP contribution is -2.46. The van der Waals surface area contributed by atoms with Crippen LogP contribution in [-0.2, 0) is 0 Å². The maximum atomic E-state index is 5.79. The van der Waals surface area contributed by atoms with Crippen LogP contribution in [0.5, 0.6) is 0 Å². The Morgan fingerprint density at radius 1 is 1.40 bits per heavy atom. The third kappa shape index (κ3) is 2.47. The lowest BCUT2D eigenvalue weighted by atomic mass is 10.1. The molecule has 62 valence electrons. The van der Waals surface area contributed by atoms with Gasteiger partial charge in [-0.25, -0.2) is 0 Å². The molecule has 2 heteroatoms. The van der Waals surface area contributed by atoms with E-state index in [1.807, 2.05) is 0 Å². The van der Waals surface area contributed by atoms with Gasteiger partial charge in [0.25, 0.3) is 0 Å². The van der Waals surface area contributed by atoms with Crippen LogP contribution < -0.4 is 0 Å². The summed E-state index contributed by atoms with van der Waals surface area (Å²) in [5.41, 5.74) is 0.121. The second kappa shape index (κ2) is 3.59. The first-order valence-corrected chi connectivity index (χ1v) is 4.24. The Labute approximate surface area is 69.4 Å². The molecule has 0 N–H and O–H groups in total. The Hall–Kier alpha value is 0.250. The highest BCUT2D eigenvalue weighted by Crippen LogP contribution is 2.16. The zero-order valence-corrected chi connectivity index (χ0v) is 8.37. The highest BCUT2D eigenvalue weighted by molar-refractivity contribution is 6.18. The summed E-state index contributed by atoms with van der Waals surface area (Å²) >= 11 is 5.79. The average molecular weight is 164 g/mol. The first-order chi connectivity index (χ1) is 4.41. The SMILES string of the molecule is CC(C)N(C)C(C)(C)CCl. The highest BCUT2D eigenvalue weighted by Gasteiger charge is 2.23. The van der Waals surface area contributed by atoms with E-state index in [1.54, 1.807) is 0 Å². The van der Waals surface area contributed by atoms with Crippen molar-refractivity contribution in [2.75, 3.05) is 12.9 Å². The Balaban J connectivity index is 4.03. The fraction of sp³-hybridized carbons (Fsp3) is 1.00. The van der Waals surface area contributed by atoms with Crippen LogP contribution >= 0.6 is 11.6 Å². The van der Waals surface area contributed by atoms with E-state index in [4.69, 9.17) is 11.6 Å². The molecule has 0 aliphatic rings. The van der Waals surface area contributed by atoms with Crippen molar-refractivity contribution >= 4 is 11.6 Å². The first kappa shape index (κ1) is 10.2. The van der Waals surface area contributed by atoms with Gasteiger partial charge in [-0.2, -0.15) is 0 Å². The molecule has 0 aliphatic heterocycles. The van der Waals surface area contributed by atoms with Crippen LogP contribution in [0.1, 0.15) is 27.7 Å². The largest absolute Gasteiger partial charge is 0.298 e. The van der Waals surface area contributed by atoms with Crippen LogP contribution in [0.15, 0.2) is 0 Å². The van der Waals surface area contributed by atoms with Gasteiger partial charge in [-0.05, 0) is 34.7 Å². The van der Waals surface area contributed by atoms with Gasteiger partial charge in [0.15, 0.2) is 0 Å². The molecule has 0 rings (SSSR count). The first-order valence-electron chi connectivity index (χ1n) is 3.70. The van der Waals surface area contributed by atoms with Crippen molar-refractivity contribution in [2.24, 2.45) is 0 Å². The predicted octanol–water partition coefficient (Wildman–Crippen LogP) is 2.34. The zero-order valence-electron chi connectivity index (χ0n) is 7.61. The maximum Gasteiger partial charge on any atom is 0.0402 e. The number of halogens is 1. The Kier molecular flexibility index (Phi) is 3.68. The second-order valence-corrected chi connectivity index (χ2v) is 3.92. The molecule has 0 saturated carbocycles. The Morgan fingerprint density at radius 3 is 1.90 bits per heavy atom. The monoisotopic (exact) mass is 163 g/mol. The highest BCUT2D eigenvalue weighted by atomic mass is 35.5. The summed E-state index contributed by atoms with van der Waals surface area (Å²) in [7, 11) is 2.10. The zero-order chi connectivity index (χ0) is 8.36. The molecule has 0 aromatic rings. The number of hydrogen-bond donors (Lipinski definition) is 0. The summed E-state index contributed by atoms with van der Waals surface area (Å²) in [5.74, 6) is 0.682. The number of rotatable bonds is 3. The normalized spacial score (nSPS) is 13.2. The lowest BCUT2D eigenvalue weighted by Gasteiger charge is -2.36. The van der Waals surface area contributed by atoms with E-state index in [-0.39, 0.29) is 5.54 Å². The van der Waals surface area contributed by atoms with E-state index in [0.29, 0.717) is 11.9 Å². The van der Waals surface area contributed by atoms with Gasteiger partial charge in [-0.3, -0.25) is 4.90 Å². The Bertz CT molecular complexity index is 99.4. The van der Waals surface area contributed by atoms with E-state index in [9.17, 15) is 0 Å². The summed E-state index contributed by atoms with van der Waals surface area (Å²) in [6.07, 6.45) is 0. The van der Waals surface area contributed by atoms with Gasteiger partial charge >= 0.3 is 0 Å². The standard InChI is InChI=1S/C8H18ClN/c1-7(2)10(5)8(3,4)6-9/h7H,6H2,1-5H3. The molecule has 0 heterocycles. The molecule has 10 heavy (non-hydrogen) atoms. The third-order valence-electron chi connectivity index (χ3n) is 2.06. The van der Waals surface area contributed by atoms with Gasteiger partial charge < -0.3 is 0 Å². The van der Waals surface area contributed by atoms with E-state index in [1.165, 1.54) is 0 Å². The van der Waals surface area contributed by atoms with Crippen LogP contribution in [0.4, 0.5) is 0 Å². The molecule has 0 atom stereocenters. The van der Waals surface area contributed by atoms with Crippen molar-refractivity contribution in [1.29, 1.82) is 0 Å². The van der Waals surface area contributed by atoms with E-state index < -0.39 is 0 Å². The van der Waals surface area contributed by atoms with E-state index in [0.717, 1.165) is 0 Å². The van der Waals surface area contributed by atoms with Gasteiger partial charge in [0, 0.05) is 17.5 Å². The van der Waals surface area contributed by atoms with Gasteiger partial charge in [-0.15, -0.1) is 11.6 Å². The Morgan fingerprint density at radius 2 is 1.80 bits per heavy atom. The molecule has 0 spiro atoms. The molecule has 0 aromatic carbocycles. The fourth-order valence-corrected chi connectivity index (χ4v) is 0.982. The fourth-order valence-electron chi connectivity index (χ4n) is 0.793. The maximum absolute atomic E-state index is 5.79. The summed E-state index contributed by atoms with van der Waals surface area (Å²) in [5, 5.41) is 0. The minimum atomic E-state index is 0.121. The smallest absolute Gasteiger partial charge is 0.0402 e. The van der Waals surface area contributed by atoms with Crippen molar-refractivity contribution < 1.29 is 0 Å². The van der Waals surface area contributed by atoms with Crippen LogP contribution in [0.3, 0.4) is 0 Å². The quantitative estimate of drug-likeness (QED) is 0.578. The van der Waals surface area contributed by atoms with Crippen molar-refractivity contribution in [2.45, 2.75) is 39.3 Å². The molecule has 0 saturated heterocycles. The molecule has 0 unspecified atom stereocenters. The summed E-state index contributed by atoms with van der Waals surface area (Å²) in [6.45, 7) is 8.66. The topological polar surface area (TPSA) is 3.24 Å². The predicted molar refractivity (Wildman–Crippen MR) is 47.7 cm³/mol. The van der Waals surface area contributed by atoms with Crippen molar-refractivity contribution in [3.05, 3.63) is 0 Å². The van der Waals surface area contributed by atoms with Crippen molar-refractivity contribution in [1.82, 2.24) is 4.90 Å². The number of alkyl halides is 1. The lowest BCUT2D eigenvalue weighted by molar-refractivity contribution is 0.139. The molecule has 1 nitrogen and oxygen atoms in total. The van der Waals surface area contributed by atoms with Crippen molar-refractivity contribution in [3.63, 3.8) is 0 Å². The van der Waals surface area contributed by atoms with Gasteiger partial charge in [0.05, 0.1) is 0 Å². The second-order valence-electron chi connectivity index (χ2n) is 3.65. The third-order valence-corrected chi connectivity index (χ3v) is 2.71. The van der Waals surface area contributed by atoms with Crippen molar-refractivity contribution in [3.8, 4) is 0 Å². The summed E-state index contributed by atoms with van der Waals surface area (Å²) < 4.78 is 0. The molecular weight excluding hydrogens is 146 g/mol. The van der Waals surface area contributed by atoms with Crippen LogP contribution in [-0.4, -0.2) is 29.4 Å². The van der Waals surface area contributed by atoms with Gasteiger partial charge in [-0.1, -0.05) is 0 Å². The minimum absolute atomic E-state index is 0.121. The summed E-state index contributed by atoms with van der Waals surface area (Å²) in [4.78, 5) is 2.28. The van der Waals surface area contributed by atoms with Crippen LogP contribution in [0, 0.1) is 0 Å². The van der Waals surface area contributed by atoms with Gasteiger partial charge in [0.1, 0.15) is 0 Å². The van der Waals surface area contributed by atoms with E-state index >= 15 is 0 Å². The molecule has 0 bridgehead atoms. The van der Waals surface area contributed by atoms with E-state index in [2.05, 4.69) is 39.6 Å². The number of hydrogen-bond acceptors (Lipinski definition) is 1. The minimum Gasteiger partial charge on any atom is -0.298 e. The van der Waals surface area contributed by atoms with Crippen LogP contribution in [0.25, 0.3) is 0 Å². The molecule has 0 aromatic heterocycles. The molecule has 0 radical (unpaired) electrons. The molecule has 0 aliphatic carbocycles. The molecular formula is C8H18ClN. The van der Waals surface area contributed by atoms with Crippen LogP contribution in [0.2, 0.25) is 0 Å². The molecule has 0 amide bonds. The van der Waals surface area contributed by atoms with Gasteiger partial charge in [0.2, 0.25) is 0 Å². The average Bonchev–Trinajstić information content (AvgIpc) is 1.86. The summed E-state index contributed by atoms with van der Waals surface area (Å²) in [6, 6.07) is 0.564.